The Bertz CT molecular complexity index is 514. The maximum atomic E-state index is 10.9. The number of rotatable bonds is 5. The zero-order chi connectivity index (χ0) is 14.5. The molecule has 0 saturated carbocycles. The summed E-state index contributed by atoms with van der Waals surface area (Å²) in [7, 11) is 1.47. The maximum absolute atomic E-state index is 10.9. The Labute approximate surface area is 119 Å². The summed E-state index contributed by atoms with van der Waals surface area (Å²) in [6.07, 6.45) is 6.37. The van der Waals surface area contributed by atoms with Crippen molar-refractivity contribution in [3.63, 3.8) is 0 Å². The minimum absolute atomic E-state index is 0.0182. The van der Waals surface area contributed by atoms with Crippen LogP contribution < -0.4 is 4.74 Å². The zero-order valence-corrected chi connectivity index (χ0v) is 11.9. The molecule has 0 aliphatic carbocycles. The molecule has 108 valence electrons. The van der Waals surface area contributed by atoms with Crippen LogP contribution in [0.3, 0.4) is 0 Å². The van der Waals surface area contributed by atoms with Crippen molar-refractivity contribution in [3.8, 4) is 5.75 Å². The standard InChI is InChI=1S/C15H20N2O3/c1-3-9-16-10-5-4-6-13(16)12-7-8-14(17(18)19)15(11-12)20-2/h4-5,7-8,11,13H,3,6,9-10H2,1-2H3. The molecule has 5 nitrogen and oxygen atoms in total. The lowest BCUT2D eigenvalue weighted by atomic mass is 9.98. The number of nitro groups is 1. The first kappa shape index (κ1) is 14.5. The van der Waals surface area contributed by atoms with Gasteiger partial charge in [-0.1, -0.05) is 25.1 Å². The van der Waals surface area contributed by atoms with Crippen LogP contribution in [0.15, 0.2) is 30.4 Å². The smallest absolute Gasteiger partial charge is 0.310 e. The van der Waals surface area contributed by atoms with E-state index in [0.29, 0.717) is 5.75 Å². The second-order valence-corrected chi connectivity index (χ2v) is 4.91. The van der Waals surface area contributed by atoms with Gasteiger partial charge in [-0.2, -0.15) is 0 Å². The predicted molar refractivity (Wildman–Crippen MR) is 78.0 cm³/mol. The van der Waals surface area contributed by atoms with Crippen molar-refractivity contribution < 1.29 is 9.66 Å². The molecular formula is C15H20N2O3. The Balaban J connectivity index is 2.31. The molecule has 0 N–H and O–H groups in total. The molecule has 1 aromatic carbocycles. The molecule has 0 radical (unpaired) electrons. The summed E-state index contributed by atoms with van der Waals surface area (Å²) in [6.45, 7) is 4.11. The molecular weight excluding hydrogens is 256 g/mol. The predicted octanol–water partition coefficient (Wildman–Crippen LogP) is 3.32. The first-order valence-electron chi connectivity index (χ1n) is 6.88. The van der Waals surface area contributed by atoms with Crippen molar-refractivity contribution in [3.05, 3.63) is 46.0 Å². The van der Waals surface area contributed by atoms with Gasteiger partial charge in [0.05, 0.1) is 12.0 Å². The SMILES string of the molecule is CCCN1CC=CCC1c1ccc([N+](=O)[O-])c(OC)c1. The third-order valence-corrected chi connectivity index (χ3v) is 3.60. The Morgan fingerprint density at radius 3 is 2.90 bits per heavy atom. The number of benzene rings is 1. The largest absolute Gasteiger partial charge is 0.490 e. The van der Waals surface area contributed by atoms with Crippen LogP contribution in [-0.4, -0.2) is 30.0 Å². The van der Waals surface area contributed by atoms with Crippen molar-refractivity contribution >= 4 is 5.69 Å². The lowest BCUT2D eigenvalue weighted by Crippen LogP contribution is -2.31. The fourth-order valence-corrected chi connectivity index (χ4v) is 2.64. The van der Waals surface area contributed by atoms with E-state index < -0.39 is 4.92 Å². The Hall–Kier alpha value is -1.88. The van der Waals surface area contributed by atoms with E-state index in [0.717, 1.165) is 31.5 Å². The van der Waals surface area contributed by atoms with Crippen molar-refractivity contribution in [2.24, 2.45) is 0 Å². The molecule has 1 aliphatic heterocycles. The Morgan fingerprint density at radius 2 is 2.25 bits per heavy atom. The second kappa shape index (κ2) is 6.52. The van der Waals surface area contributed by atoms with Gasteiger partial charge in [0, 0.05) is 18.7 Å². The number of ether oxygens (including phenoxy) is 1. The number of nitrogens with zero attached hydrogens (tertiary/aromatic N) is 2. The van der Waals surface area contributed by atoms with Gasteiger partial charge in [0.2, 0.25) is 0 Å². The molecule has 1 atom stereocenters. The van der Waals surface area contributed by atoms with E-state index in [9.17, 15) is 10.1 Å². The summed E-state index contributed by atoms with van der Waals surface area (Å²) in [5.41, 5.74) is 1.09. The van der Waals surface area contributed by atoms with Gasteiger partial charge in [0.25, 0.3) is 0 Å². The molecule has 1 heterocycles. The molecule has 0 spiro atoms. The van der Waals surface area contributed by atoms with Crippen LogP contribution in [0.25, 0.3) is 0 Å². The highest BCUT2D eigenvalue weighted by molar-refractivity contribution is 5.49. The molecule has 2 rings (SSSR count). The minimum atomic E-state index is -0.410. The second-order valence-electron chi connectivity index (χ2n) is 4.91. The van der Waals surface area contributed by atoms with Gasteiger partial charge >= 0.3 is 5.69 Å². The molecule has 1 aliphatic rings. The topological polar surface area (TPSA) is 55.6 Å². The van der Waals surface area contributed by atoms with Crippen LogP contribution in [0, 0.1) is 10.1 Å². The van der Waals surface area contributed by atoms with Crippen LogP contribution in [-0.2, 0) is 0 Å². The van der Waals surface area contributed by atoms with Gasteiger partial charge in [-0.05, 0) is 31.0 Å². The van der Waals surface area contributed by atoms with E-state index in [1.165, 1.54) is 13.2 Å². The van der Waals surface area contributed by atoms with E-state index in [2.05, 4.69) is 24.0 Å². The average Bonchev–Trinajstić information content (AvgIpc) is 2.47. The highest BCUT2D eigenvalue weighted by atomic mass is 16.6. The van der Waals surface area contributed by atoms with E-state index in [-0.39, 0.29) is 11.7 Å². The van der Waals surface area contributed by atoms with Crippen molar-refractivity contribution in [1.29, 1.82) is 0 Å². The summed E-state index contributed by atoms with van der Waals surface area (Å²) in [5, 5.41) is 10.9. The average molecular weight is 276 g/mol. The highest BCUT2D eigenvalue weighted by Gasteiger charge is 2.23. The molecule has 0 fully saturated rings. The maximum Gasteiger partial charge on any atom is 0.310 e. The van der Waals surface area contributed by atoms with Crippen LogP contribution in [0.2, 0.25) is 0 Å². The summed E-state index contributed by atoms with van der Waals surface area (Å²) in [6, 6.07) is 5.45. The molecule has 20 heavy (non-hydrogen) atoms. The van der Waals surface area contributed by atoms with Gasteiger partial charge in [-0.15, -0.1) is 0 Å². The van der Waals surface area contributed by atoms with Crippen molar-refractivity contribution in [1.82, 2.24) is 4.90 Å². The molecule has 5 heteroatoms. The quantitative estimate of drug-likeness (QED) is 0.470. The zero-order valence-electron chi connectivity index (χ0n) is 11.9. The van der Waals surface area contributed by atoms with E-state index in [4.69, 9.17) is 4.74 Å². The fraction of sp³-hybridized carbons (Fsp3) is 0.467. The number of hydrogen-bond acceptors (Lipinski definition) is 4. The third kappa shape index (κ3) is 2.99. The van der Waals surface area contributed by atoms with Gasteiger partial charge in [0.15, 0.2) is 5.75 Å². The van der Waals surface area contributed by atoms with Crippen molar-refractivity contribution in [2.45, 2.75) is 25.8 Å². The van der Waals surface area contributed by atoms with Crippen LogP contribution in [0.1, 0.15) is 31.4 Å². The van der Waals surface area contributed by atoms with Crippen LogP contribution in [0.5, 0.6) is 5.75 Å². The third-order valence-electron chi connectivity index (χ3n) is 3.60. The van der Waals surface area contributed by atoms with Gasteiger partial charge in [-0.3, -0.25) is 15.0 Å². The van der Waals surface area contributed by atoms with E-state index in [1.54, 1.807) is 6.07 Å². The first-order chi connectivity index (χ1) is 9.67. The molecule has 1 aromatic rings. The monoisotopic (exact) mass is 276 g/mol. The number of hydrogen-bond donors (Lipinski definition) is 0. The van der Waals surface area contributed by atoms with Crippen LogP contribution in [0.4, 0.5) is 5.69 Å². The lowest BCUT2D eigenvalue weighted by Gasteiger charge is -2.33. The number of nitro benzene ring substituents is 1. The molecule has 0 aromatic heterocycles. The fourth-order valence-electron chi connectivity index (χ4n) is 2.64. The van der Waals surface area contributed by atoms with Crippen LogP contribution >= 0.6 is 0 Å². The van der Waals surface area contributed by atoms with Gasteiger partial charge < -0.3 is 4.74 Å². The van der Waals surface area contributed by atoms with Gasteiger partial charge in [-0.25, -0.2) is 0 Å². The highest BCUT2D eigenvalue weighted by Crippen LogP contribution is 2.34. The van der Waals surface area contributed by atoms with E-state index in [1.807, 2.05) is 6.07 Å². The molecule has 1 unspecified atom stereocenters. The normalized spacial score (nSPS) is 19.0. The molecule has 0 bridgehead atoms. The van der Waals surface area contributed by atoms with Crippen molar-refractivity contribution in [2.75, 3.05) is 20.2 Å². The summed E-state index contributed by atoms with van der Waals surface area (Å²) in [5.74, 6) is 0.332. The summed E-state index contributed by atoms with van der Waals surface area (Å²) in [4.78, 5) is 12.9. The van der Waals surface area contributed by atoms with Gasteiger partial charge in [0.1, 0.15) is 0 Å². The Kier molecular flexibility index (Phi) is 4.74. The Morgan fingerprint density at radius 1 is 1.45 bits per heavy atom. The summed E-state index contributed by atoms with van der Waals surface area (Å²) >= 11 is 0. The first-order valence-corrected chi connectivity index (χ1v) is 6.88. The lowest BCUT2D eigenvalue weighted by molar-refractivity contribution is -0.385. The molecule has 0 amide bonds. The minimum Gasteiger partial charge on any atom is -0.490 e. The summed E-state index contributed by atoms with van der Waals surface area (Å²) < 4.78 is 5.16. The molecule has 0 saturated heterocycles. The van der Waals surface area contributed by atoms with E-state index >= 15 is 0 Å². The number of methoxy groups -OCH3 is 1.